The van der Waals surface area contributed by atoms with Crippen molar-refractivity contribution in [3.05, 3.63) is 59.5 Å². The number of methoxy groups -OCH3 is 1. The molecule has 1 heterocycles. The third-order valence-corrected chi connectivity index (χ3v) is 3.16. The Bertz CT molecular complexity index is 858. The van der Waals surface area contributed by atoms with Crippen molar-refractivity contribution >= 4 is 5.78 Å². The largest absolute Gasteiger partial charge is 0.512 e. The number of hydrogen-bond donors (Lipinski definition) is 1. The monoisotopic (exact) mass is 615 g/mol. The molecule has 0 atom stereocenters. The van der Waals surface area contributed by atoms with E-state index in [1.807, 2.05) is 6.07 Å². The van der Waals surface area contributed by atoms with E-state index in [-0.39, 0.29) is 50.1 Å². The summed E-state index contributed by atoms with van der Waals surface area (Å²) in [6.45, 7) is 2.85. The van der Waals surface area contributed by atoms with Crippen molar-refractivity contribution in [1.82, 2.24) is 4.98 Å². The van der Waals surface area contributed by atoms with E-state index in [1.165, 1.54) is 45.4 Å². The van der Waals surface area contributed by atoms with Gasteiger partial charge in [0.25, 0.3) is 0 Å². The maximum Gasteiger partial charge on any atom is 0.399 e. The van der Waals surface area contributed by atoms with Crippen LogP contribution in [0.5, 0.6) is 5.75 Å². The second-order valence-corrected chi connectivity index (χ2v) is 5.67. The van der Waals surface area contributed by atoms with Gasteiger partial charge in [0.15, 0.2) is 5.78 Å². The SMILES string of the molecule is CC(=O)/C=C(/C)O.COc1ccnc(-c2[c-]c(C(F)(F)F)cc(C(F)(F)F)c2)c1.[Pt]. The summed E-state index contributed by atoms with van der Waals surface area (Å²) in [6.07, 6.45) is -7.48. The van der Waals surface area contributed by atoms with Crippen LogP contribution in [0.1, 0.15) is 25.0 Å². The van der Waals surface area contributed by atoms with Crippen LogP contribution in [0.3, 0.4) is 0 Å². The molecule has 0 fully saturated rings. The molecule has 168 valence electrons. The summed E-state index contributed by atoms with van der Waals surface area (Å²) in [6, 6.07) is 5.15. The Morgan fingerprint density at radius 2 is 1.70 bits per heavy atom. The van der Waals surface area contributed by atoms with E-state index in [0.29, 0.717) is 6.07 Å². The number of benzene rings is 1. The molecule has 1 aromatic heterocycles. The molecule has 0 amide bonds. The number of ketones is 1. The van der Waals surface area contributed by atoms with Crippen LogP contribution in [0.2, 0.25) is 0 Å². The average Bonchev–Trinajstić information content (AvgIpc) is 2.59. The summed E-state index contributed by atoms with van der Waals surface area (Å²) in [4.78, 5) is 13.8. The number of aliphatic hydroxyl groups is 1. The molecule has 0 radical (unpaired) electrons. The molecule has 0 aliphatic rings. The third-order valence-electron chi connectivity index (χ3n) is 3.16. The van der Waals surface area contributed by atoms with Crippen LogP contribution in [0, 0.1) is 6.07 Å². The zero-order valence-electron chi connectivity index (χ0n) is 15.8. The van der Waals surface area contributed by atoms with E-state index in [4.69, 9.17) is 9.84 Å². The van der Waals surface area contributed by atoms with Gasteiger partial charge in [-0.1, -0.05) is 0 Å². The predicted molar refractivity (Wildman–Crippen MR) is 92.1 cm³/mol. The second-order valence-electron chi connectivity index (χ2n) is 5.67. The number of nitrogens with zero attached hydrogens (tertiary/aromatic N) is 1. The molecule has 0 saturated heterocycles. The van der Waals surface area contributed by atoms with Crippen molar-refractivity contribution in [2.75, 3.05) is 7.11 Å². The molecule has 30 heavy (non-hydrogen) atoms. The zero-order valence-corrected chi connectivity index (χ0v) is 18.0. The van der Waals surface area contributed by atoms with Gasteiger partial charge in [0.1, 0.15) is 5.75 Å². The first-order valence-corrected chi connectivity index (χ1v) is 7.84. The van der Waals surface area contributed by atoms with E-state index in [1.54, 1.807) is 0 Å². The summed E-state index contributed by atoms with van der Waals surface area (Å²) in [5.74, 6) is 0.192. The van der Waals surface area contributed by atoms with Gasteiger partial charge in [-0.3, -0.25) is 4.79 Å². The van der Waals surface area contributed by atoms with Gasteiger partial charge < -0.3 is 14.8 Å². The van der Waals surface area contributed by atoms with Crippen LogP contribution >= 0.6 is 0 Å². The van der Waals surface area contributed by atoms with Gasteiger partial charge in [-0.15, -0.1) is 23.8 Å². The fourth-order valence-electron chi connectivity index (χ4n) is 2.00. The number of carbonyl (C=O) groups excluding carboxylic acids is 1. The second kappa shape index (κ2) is 11.2. The Morgan fingerprint density at radius 3 is 2.10 bits per heavy atom. The number of ether oxygens (including phenoxy) is 1. The molecule has 11 heteroatoms. The fourth-order valence-corrected chi connectivity index (χ4v) is 2.00. The average molecular weight is 615 g/mol. The van der Waals surface area contributed by atoms with Crippen LogP contribution in [0.25, 0.3) is 11.3 Å². The van der Waals surface area contributed by atoms with E-state index < -0.39 is 29.0 Å². The van der Waals surface area contributed by atoms with Crippen LogP contribution in [0.15, 0.2) is 42.3 Å². The Labute approximate surface area is 182 Å². The van der Waals surface area contributed by atoms with Gasteiger partial charge in [0, 0.05) is 33.3 Å². The molecular formula is C19H16F6NO3Pt-. The Hall–Kier alpha value is -2.35. The van der Waals surface area contributed by atoms with E-state index in [9.17, 15) is 31.1 Å². The van der Waals surface area contributed by atoms with Crippen molar-refractivity contribution in [1.29, 1.82) is 0 Å². The van der Waals surface area contributed by atoms with Crippen LogP contribution in [-0.2, 0) is 38.2 Å². The minimum Gasteiger partial charge on any atom is -0.512 e. The minimum absolute atomic E-state index is 0. The van der Waals surface area contributed by atoms with Gasteiger partial charge in [-0.05, 0) is 42.8 Å². The van der Waals surface area contributed by atoms with Gasteiger partial charge in [0.05, 0.1) is 12.9 Å². The van der Waals surface area contributed by atoms with Gasteiger partial charge in [0.2, 0.25) is 0 Å². The molecular weight excluding hydrogens is 599 g/mol. The van der Waals surface area contributed by atoms with E-state index >= 15 is 0 Å². The third kappa shape index (κ3) is 8.98. The first-order chi connectivity index (χ1) is 13.2. The molecule has 2 rings (SSSR count). The smallest absolute Gasteiger partial charge is 0.399 e. The molecule has 0 aliphatic heterocycles. The number of allylic oxidation sites excluding steroid dienone is 2. The number of aliphatic hydroxyl groups excluding tert-OH is 1. The zero-order chi connectivity index (χ0) is 22.4. The van der Waals surface area contributed by atoms with E-state index in [2.05, 4.69) is 4.98 Å². The van der Waals surface area contributed by atoms with Crippen molar-refractivity contribution in [2.24, 2.45) is 0 Å². The molecule has 0 bridgehead atoms. The summed E-state index contributed by atoms with van der Waals surface area (Å²) < 4.78 is 81.4. The van der Waals surface area contributed by atoms with Crippen molar-refractivity contribution in [2.45, 2.75) is 26.2 Å². The molecule has 0 saturated carbocycles. The summed E-state index contributed by atoms with van der Waals surface area (Å²) >= 11 is 0. The number of rotatable bonds is 3. The van der Waals surface area contributed by atoms with Gasteiger partial charge in [-0.25, -0.2) is 0 Å². The van der Waals surface area contributed by atoms with Crippen molar-refractivity contribution < 1.29 is 62.0 Å². The summed E-state index contributed by atoms with van der Waals surface area (Å²) in [5.41, 5.74) is -3.45. The number of alkyl halides is 6. The fraction of sp³-hybridized carbons (Fsp3) is 0.263. The molecule has 1 aromatic carbocycles. The number of hydrogen-bond acceptors (Lipinski definition) is 4. The minimum atomic E-state index is -4.95. The molecule has 0 aliphatic carbocycles. The summed E-state index contributed by atoms with van der Waals surface area (Å²) in [5, 5.41) is 8.36. The Morgan fingerprint density at radius 1 is 1.10 bits per heavy atom. The van der Waals surface area contributed by atoms with Gasteiger partial charge in [-0.2, -0.15) is 26.3 Å². The summed E-state index contributed by atoms with van der Waals surface area (Å²) in [7, 11) is 1.32. The molecule has 4 nitrogen and oxygen atoms in total. The Balaban J connectivity index is 0.000000909. The molecule has 0 spiro atoms. The number of aromatic nitrogens is 1. The standard InChI is InChI=1S/C14H8F6NO.C5H8O2.Pt/c1-22-11-2-3-21-12(7-11)8-4-9(13(15,16)17)6-10(5-8)14(18,19)20;1-4(6)3-5(2)7;/h2-4,6-7H,1H3;3,6H,1-2H3;/q-1;;/b;4-3-;. The normalized spacial score (nSPS) is 11.7. The van der Waals surface area contributed by atoms with Crippen LogP contribution in [-0.4, -0.2) is 23.0 Å². The number of pyridine rings is 1. The van der Waals surface area contributed by atoms with Crippen LogP contribution in [0.4, 0.5) is 26.3 Å². The quantitative estimate of drug-likeness (QED) is 0.211. The van der Waals surface area contributed by atoms with Gasteiger partial charge >= 0.3 is 12.4 Å². The molecule has 0 unspecified atom stereocenters. The van der Waals surface area contributed by atoms with Crippen LogP contribution < -0.4 is 4.74 Å². The first kappa shape index (κ1) is 27.6. The molecule has 1 N–H and O–H groups in total. The Kier molecular flexibility index (Phi) is 10.3. The number of halogens is 6. The maximum atomic E-state index is 12.8. The van der Waals surface area contributed by atoms with E-state index in [0.717, 1.165) is 0 Å². The van der Waals surface area contributed by atoms with Crippen molar-refractivity contribution in [3.8, 4) is 17.0 Å². The van der Waals surface area contributed by atoms with Crippen molar-refractivity contribution in [3.63, 3.8) is 0 Å². The molecule has 2 aromatic rings. The topological polar surface area (TPSA) is 59.4 Å². The maximum absolute atomic E-state index is 12.8. The number of carbonyl (C=O) groups is 1. The first-order valence-electron chi connectivity index (χ1n) is 7.84. The predicted octanol–water partition coefficient (Wildman–Crippen LogP) is 5.63.